The van der Waals surface area contributed by atoms with Gasteiger partial charge in [0.25, 0.3) is 0 Å². The molecule has 0 amide bonds. The first-order valence-corrected chi connectivity index (χ1v) is 6.81. The Labute approximate surface area is 113 Å². The smallest absolute Gasteiger partial charge is 0.138 e. The molecule has 0 bridgehead atoms. The van der Waals surface area contributed by atoms with E-state index in [2.05, 4.69) is 29.1 Å². The summed E-state index contributed by atoms with van der Waals surface area (Å²) in [6.07, 6.45) is 5.17. The monoisotopic (exact) mass is 269 g/mol. The maximum Gasteiger partial charge on any atom is 0.138 e. The van der Waals surface area contributed by atoms with Crippen molar-refractivity contribution in [1.82, 2.24) is 9.97 Å². The zero-order valence-corrected chi connectivity index (χ0v) is 11.9. The quantitative estimate of drug-likeness (QED) is 0.853. The Bertz CT molecular complexity index is 411. The summed E-state index contributed by atoms with van der Waals surface area (Å²) in [5.74, 6) is 1.14. The zero-order chi connectivity index (χ0) is 13.1. The van der Waals surface area contributed by atoms with Gasteiger partial charge in [0.15, 0.2) is 0 Å². The molecule has 18 heavy (non-hydrogen) atoms. The molecule has 1 aromatic rings. The number of rotatable bonds is 4. The maximum atomic E-state index is 6.16. The molecule has 2 atom stereocenters. The number of anilines is 1. The summed E-state index contributed by atoms with van der Waals surface area (Å²) >= 11 is 6.16. The van der Waals surface area contributed by atoms with Gasteiger partial charge >= 0.3 is 0 Å². The molecule has 1 fully saturated rings. The molecule has 1 N–H and O–H groups in total. The minimum Gasteiger partial charge on any atom is -0.379 e. The first-order valence-electron chi connectivity index (χ1n) is 6.43. The largest absolute Gasteiger partial charge is 0.379 e. The molecule has 1 aromatic heterocycles. The lowest BCUT2D eigenvalue weighted by atomic mass is 10.1. The third-order valence-electron chi connectivity index (χ3n) is 3.49. The van der Waals surface area contributed by atoms with Crippen LogP contribution in [0.2, 0.25) is 5.15 Å². The molecule has 1 saturated carbocycles. The fraction of sp³-hybridized carbons (Fsp3) is 0.692. The Hall–Kier alpha value is -0.870. The average Bonchev–Trinajstić information content (AvgIpc) is 2.76. The fourth-order valence-electron chi connectivity index (χ4n) is 2.55. The second kappa shape index (κ2) is 5.85. The van der Waals surface area contributed by atoms with Crippen molar-refractivity contribution in [3.63, 3.8) is 0 Å². The summed E-state index contributed by atoms with van der Waals surface area (Å²) in [4.78, 5) is 8.39. The molecule has 100 valence electrons. The second-order valence-electron chi connectivity index (χ2n) is 5.04. The van der Waals surface area contributed by atoms with Gasteiger partial charge < -0.3 is 10.1 Å². The second-order valence-corrected chi connectivity index (χ2v) is 5.40. The number of hydrogen-bond donors (Lipinski definition) is 1. The van der Waals surface area contributed by atoms with E-state index in [-0.39, 0.29) is 6.10 Å². The first kappa shape index (κ1) is 13.6. The van der Waals surface area contributed by atoms with Gasteiger partial charge in [-0.05, 0) is 25.2 Å². The first-order chi connectivity index (χ1) is 8.63. The molecular weight excluding hydrogens is 250 g/mol. The number of nitrogens with one attached hydrogen (secondary N) is 1. The third kappa shape index (κ3) is 2.75. The molecule has 0 saturated heterocycles. The van der Waals surface area contributed by atoms with Crippen LogP contribution in [0.5, 0.6) is 0 Å². The van der Waals surface area contributed by atoms with E-state index in [9.17, 15) is 0 Å². The molecule has 0 spiro atoms. The highest BCUT2D eigenvalue weighted by Gasteiger charge is 2.28. The van der Waals surface area contributed by atoms with Crippen molar-refractivity contribution in [1.29, 1.82) is 0 Å². The number of hydrogen-bond acceptors (Lipinski definition) is 4. The highest BCUT2D eigenvalue weighted by Crippen LogP contribution is 2.31. The van der Waals surface area contributed by atoms with Crippen molar-refractivity contribution >= 4 is 17.4 Å². The Kier molecular flexibility index (Phi) is 4.40. The molecule has 0 aromatic carbocycles. The van der Waals surface area contributed by atoms with Gasteiger partial charge in [0.2, 0.25) is 0 Å². The molecule has 2 unspecified atom stereocenters. The van der Waals surface area contributed by atoms with Crippen LogP contribution in [-0.4, -0.2) is 29.2 Å². The van der Waals surface area contributed by atoms with Gasteiger partial charge in [-0.2, -0.15) is 0 Å². The van der Waals surface area contributed by atoms with Crippen LogP contribution in [0.25, 0.3) is 0 Å². The van der Waals surface area contributed by atoms with E-state index in [0.29, 0.717) is 17.1 Å². The van der Waals surface area contributed by atoms with Gasteiger partial charge in [-0.1, -0.05) is 25.4 Å². The van der Waals surface area contributed by atoms with Crippen LogP contribution >= 0.6 is 11.6 Å². The highest BCUT2D eigenvalue weighted by atomic mass is 35.5. The van der Waals surface area contributed by atoms with Crippen molar-refractivity contribution in [3.8, 4) is 0 Å². The van der Waals surface area contributed by atoms with Gasteiger partial charge in [-0.3, -0.25) is 0 Å². The van der Waals surface area contributed by atoms with E-state index in [1.54, 1.807) is 7.11 Å². The van der Waals surface area contributed by atoms with Crippen molar-refractivity contribution in [3.05, 3.63) is 17.0 Å². The average molecular weight is 270 g/mol. The fourth-order valence-corrected chi connectivity index (χ4v) is 2.90. The minimum atomic E-state index is 0.263. The molecule has 5 heteroatoms. The highest BCUT2D eigenvalue weighted by molar-refractivity contribution is 6.30. The van der Waals surface area contributed by atoms with E-state index in [4.69, 9.17) is 16.3 Å². The van der Waals surface area contributed by atoms with E-state index in [1.165, 1.54) is 12.7 Å². The lowest BCUT2D eigenvalue weighted by Crippen LogP contribution is -2.30. The summed E-state index contributed by atoms with van der Waals surface area (Å²) in [5, 5.41) is 4.01. The van der Waals surface area contributed by atoms with Crippen LogP contribution in [0.1, 0.15) is 44.6 Å². The zero-order valence-electron chi connectivity index (χ0n) is 11.1. The predicted molar refractivity (Wildman–Crippen MR) is 73.2 cm³/mol. The molecule has 1 aliphatic carbocycles. The van der Waals surface area contributed by atoms with Crippen LogP contribution in [0.15, 0.2) is 6.33 Å². The number of halogens is 1. The number of aromatic nitrogens is 2. The lowest BCUT2D eigenvalue weighted by molar-refractivity contribution is 0.101. The van der Waals surface area contributed by atoms with Gasteiger partial charge in [0.05, 0.1) is 12.1 Å². The maximum absolute atomic E-state index is 6.16. The summed E-state index contributed by atoms with van der Waals surface area (Å²) in [7, 11) is 1.76. The van der Waals surface area contributed by atoms with Crippen molar-refractivity contribution < 1.29 is 4.74 Å². The van der Waals surface area contributed by atoms with Crippen LogP contribution in [-0.2, 0) is 4.74 Å². The van der Waals surface area contributed by atoms with E-state index >= 15 is 0 Å². The molecule has 4 nitrogen and oxygen atoms in total. The van der Waals surface area contributed by atoms with Crippen molar-refractivity contribution in [2.45, 2.75) is 51.2 Å². The Morgan fingerprint density at radius 1 is 1.39 bits per heavy atom. The third-order valence-corrected chi connectivity index (χ3v) is 3.79. The van der Waals surface area contributed by atoms with E-state index in [0.717, 1.165) is 24.2 Å². The van der Waals surface area contributed by atoms with Gasteiger partial charge in [0, 0.05) is 12.7 Å². The Balaban J connectivity index is 2.21. The molecular formula is C13H20ClN3O. The number of nitrogens with zero attached hydrogens (tertiary/aromatic N) is 2. The van der Waals surface area contributed by atoms with E-state index in [1.807, 2.05) is 0 Å². The number of methoxy groups -OCH3 is 1. The molecule has 0 radical (unpaired) electrons. The van der Waals surface area contributed by atoms with Crippen molar-refractivity contribution in [2.75, 3.05) is 12.4 Å². The summed E-state index contributed by atoms with van der Waals surface area (Å²) in [6.45, 7) is 4.19. The SMILES string of the molecule is COC1CCCC1Nc1ncnc(Cl)c1C(C)C. The number of ether oxygens (including phenoxy) is 1. The minimum absolute atomic E-state index is 0.263. The topological polar surface area (TPSA) is 47.0 Å². The Morgan fingerprint density at radius 3 is 2.83 bits per heavy atom. The lowest BCUT2D eigenvalue weighted by Gasteiger charge is -2.22. The van der Waals surface area contributed by atoms with Crippen LogP contribution in [0.3, 0.4) is 0 Å². The van der Waals surface area contributed by atoms with Gasteiger partial charge in [0.1, 0.15) is 17.3 Å². The van der Waals surface area contributed by atoms with Crippen LogP contribution in [0.4, 0.5) is 5.82 Å². The summed E-state index contributed by atoms with van der Waals surface area (Å²) in [6, 6.07) is 0.318. The van der Waals surface area contributed by atoms with E-state index < -0.39 is 0 Å². The standard InChI is InChI=1S/C13H20ClN3O/c1-8(2)11-12(14)15-7-16-13(11)17-9-5-4-6-10(9)18-3/h7-10H,4-6H2,1-3H3,(H,15,16,17). The summed E-state index contributed by atoms with van der Waals surface area (Å²) < 4.78 is 5.49. The molecule has 1 aliphatic rings. The van der Waals surface area contributed by atoms with Gasteiger partial charge in [-0.15, -0.1) is 0 Å². The van der Waals surface area contributed by atoms with Gasteiger partial charge in [-0.25, -0.2) is 9.97 Å². The molecule has 0 aliphatic heterocycles. The molecule has 2 rings (SSSR count). The molecule has 1 heterocycles. The normalized spacial score (nSPS) is 23.6. The Morgan fingerprint density at radius 2 is 2.17 bits per heavy atom. The predicted octanol–water partition coefficient (Wildman–Crippen LogP) is 3.23. The summed E-state index contributed by atoms with van der Waals surface area (Å²) in [5.41, 5.74) is 0.987. The van der Waals surface area contributed by atoms with Crippen LogP contribution < -0.4 is 5.32 Å². The van der Waals surface area contributed by atoms with Crippen molar-refractivity contribution in [2.24, 2.45) is 0 Å². The van der Waals surface area contributed by atoms with Crippen LogP contribution in [0, 0.1) is 0 Å².